The fraction of sp³-hybridized carbons (Fsp3) is 0. The molecule has 2 N–H and O–H groups in total. The fourth-order valence-corrected chi connectivity index (χ4v) is 1.04. The van der Waals surface area contributed by atoms with E-state index in [0.717, 1.165) is 12.1 Å². The summed E-state index contributed by atoms with van der Waals surface area (Å²) in [6.07, 6.45) is 0.304. The molecular formula is C9H5FN2O2. The predicted octanol–water partition coefficient (Wildman–Crippen LogP) is 0.609. The molecule has 0 atom stereocenters. The van der Waals surface area contributed by atoms with Crippen LogP contribution in [0.3, 0.4) is 0 Å². The van der Waals surface area contributed by atoms with Crippen LogP contribution >= 0.6 is 0 Å². The third-order valence-electron chi connectivity index (χ3n) is 1.65. The van der Waals surface area contributed by atoms with Crippen molar-refractivity contribution in [1.29, 1.82) is 5.26 Å². The van der Waals surface area contributed by atoms with Crippen molar-refractivity contribution >= 4 is 12.2 Å². The van der Waals surface area contributed by atoms with Crippen molar-refractivity contribution in [3.05, 3.63) is 34.6 Å². The van der Waals surface area contributed by atoms with Crippen molar-refractivity contribution in [3.8, 4) is 6.07 Å². The van der Waals surface area contributed by atoms with Gasteiger partial charge in [0.1, 0.15) is 11.9 Å². The summed E-state index contributed by atoms with van der Waals surface area (Å²) in [4.78, 5) is 21.3. The van der Waals surface area contributed by atoms with Crippen LogP contribution in [0.15, 0.2) is 12.1 Å². The van der Waals surface area contributed by atoms with Crippen LogP contribution in [0.25, 0.3) is 0 Å². The normalized spacial score (nSPS) is 9.14. The second-order valence-electron chi connectivity index (χ2n) is 2.51. The summed E-state index contributed by atoms with van der Waals surface area (Å²) in [5.41, 5.74) is 4.25. The molecule has 5 heteroatoms. The molecule has 0 aliphatic carbocycles. The molecule has 0 aromatic heterocycles. The average Bonchev–Trinajstić information content (AvgIpc) is 2.16. The van der Waals surface area contributed by atoms with Crippen molar-refractivity contribution in [2.45, 2.75) is 0 Å². The first-order valence-corrected chi connectivity index (χ1v) is 3.58. The summed E-state index contributed by atoms with van der Waals surface area (Å²) in [7, 11) is 0. The standard InChI is InChI=1S/C9H5FN2O2/c10-6-1-5(3-11)8(4-13)7(2-6)9(12)14/h1-2,4H,(H2,12,14). The van der Waals surface area contributed by atoms with E-state index < -0.39 is 11.7 Å². The van der Waals surface area contributed by atoms with Crippen molar-refractivity contribution in [3.63, 3.8) is 0 Å². The van der Waals surface area contributed by atoms with E-state index >= 15 is 0 Å². The molecule has 1 rings (SSSR count). The third-order valence-corrected chi connectivity index (χ3v) is 1.65. The van der Waals surface area contributed by atoms with Crippen molar-refractivity contribution in [2.75, 3.05) is 0 Å². The Hall–Kier alpha value is -2.22. The maximum Gasteiger partial charge on any atom is 0.249 e. The highest BCUT2D eigenvalue weighted by molar-refractivity contribution is 6.01. The lowest BCUT2D eigenvalue weighted by Crippen LogP contribution is -2.15. The molecule has 0 heterocycles. The van der Waals surface area contributed by atoms with Crippen molar-refractivity contribution < 1.29 is 14.0 Å². The van der Waals surface area contributed by atoms with E-state index in [0.29, 0.717) is 6.29 Å². The van der Waals surface area contributed by atoms with Gasteiger partial charge in [0, 0.05) is 5.56 Å². The van der Waals surface area contributed by atoms with Gasteiger partial charge in [-0.05, 0) is 12.1 Å². The van der Waals surface area contributed by atoms with Crippen molar-refractivity contribution in [2.24, 2.45) is 5.73 Å². The molecule has 1 amide bonds. The Morgan fingerprint density at radius 2 is 2.21 bits per heavy atom. The van der Waals surface area contributed by atoms with Gasteiger partial charge in [0.05, 0.1) is 11.1 Å². The summed E-state index contributed by atoms with van der Waals surface area (Å²) in [6, 6.07) is 3.30. The summed E-state index contributed by atoms with van der Waals surface area (Å²) in [5.74, 6) is -1.72. The second kappa shape index (κ2) is 3.66. The lowest BCUT2D eigenvalue weighted by molar-refractivity contribution is 0.0992. The Balaban J connectivity index is 3.57. The number of nitriles is 1. The summed E-state index contributed by atoms with van der Waals surface area (Å²) in [5, 5.41) is 8.55. The Kier molecular flexibility index (Phi) is 2.58. The van der Waals surface area contributed by atoms with Gasteiger partial charge in [-0.3, -0.25) is 9.59 Å². The van der Waals surface area contributed by atoms with Gasteiger partial charge in [0.25, 0.3) is 0 Å². The van der Waals surface area contributed by atoms with E-state index in [1.165, 1.54) is 0 Å². The van der Waals surface area contributed by atoms with Gasteiger partial charge in [-0.2, -0.15) is 5.26 Å². The van der Waals surface area contributed by atoms with Crippen LogP contribution in [-0.4, -0.2) is 12.2 Å². The van der Waals surface area contributed by atoms with Gasteiger partial charge in [-0.25, -0.2) is 4.39 Å². The van der Waals surface area contributed by atoms with Gasteiger partial charge in [-0.15, -0.1) is 0 Å². The number of nitrogens with zero attached hydrogens (tertiary/aromatic N) is 1. The van der Waals surface area contributed by atoms with Crippen LogP contribution in [0.2, 0.25) is 0 Å². The number of amides is 1. The zero-order valence-electron chi connectivity index (χ0n) is 6.95. The number of hydrogen-bond donors (Lipinski definition) is 1. The van der Waals surface area contributed by atoms with Gasteiger partial charge >= 0.3 is 0 Å². The number of rotatable bonds is 2. The molecule has 0 fully saturated rings. The third kappa shape index (κ3) is 1.59. The van der Waals surface area contributed by atoms with Crippen LogP contribution in [0.5, 0.6) is 0 Å². The molecule has 0 unspecified atom stereocenters. The summed E-state index contributed by atoms with van der Waals surface area (Å²) >= 11 is 0. The quantitative estimate of drug-likeness (QED) is 0.696. The number of hydrogen-bond acceptors (Lipinski definition) is 3. The number of aldehydes is 1. The molecule has 14 heavy (non-hydrogen) atoms. The van der Waals surface area contributed by atoms with Gasteiger partial charge in [-0.1, -0.05) is 0 Å². The number of carbonyl (C=O) groups is 2. The van der Waals surface area contributed by atoms with Gasteiger partial charge in [0.2, 0.25) is 5.91 Å². The monoisotopic (exact) mass is 192 g/mol. The molecule has 0 radical (unpaired) electrons. The number of halogens is 1. The Morgan fingerprint density at radius 1 is 1.57 bits per heavy atom. The zero-order valence-corrected chi connectivity index (χ0v) is 6.95. The maximum atomic E-state index is 12.8. The van der Waals surface area contributed by atoms with E-state index in [4.69, 9.17) is 11.0 Å². The smallest absolute Gasteiger partial charge is 0.249 e. The number of benzene rings is 1. The summed E-state index contributed by atoms with van der Waals surface area (Å²) in [6.45, 7) is 0. The molecule has 0 saturated carbocycles. The molecule has 0 bridgehead atoms. The molecular weight excluding hydrogens is 187 g/mol. The number of carbonyl (C=O) groups excluding carboxylic acids is 2. The molecule has 1 aromatic carbocycles. The molecule has 4 nitrogen and oxygen atoms in total. The molecule has 0 saturated heterocycles. The van der Waals surface area contributed by atoms with Crippen LogP contribution in [0.4, 0.5) is 4.39 Å². The molecule has 0 aliphatic heterocycles. The van der Waals surface area contributed by atoms with Crippen LogP contribution in [0.1, 0.15) is 26.3 Å². The van der Waals surface area contributed by atoms with E-state index in [1.54, 1.807) is 6.07 Å². The summed E-state index contributed by atoms with van der Waals surface area (Å²) < 4.78 is 12.8. The molecule has 70 valence electrons. The van der Waals surface area contributed by atoms with E-state index in [1.807, 2.05) is 0 Å². The Labute approximate surface area is 78.7 Å². The first-order valence-electron chi connectivity index (χ1n) is 3.58. The predicted molar refractivity (Wildman–Crippen MR) is 45.0 cm³/mol. The molecule has 0 spiro atoms. The Morgan fingerprint density at radius 3 is 2.64 bits per heavy atom. The number of nitrogens with two attached hydrogens (primary N) is 1. The van der Waals surface area contributed by atoms with Crippen LogP contribution in [-0.2, 0) is 0 Å². The van der Waals surface area contributed by atoms with Crippen LogP contribution < -0.4 is 5.73 Å². The largest absolute Gasteiger partial charge is 0.366 e. The first-order chi connectivity index (χ1) is 6.60. The highest BCUT2D eigenvalue weighted by atomic mass is 19.1. The lowest BCUT2D eigenvalue weighted by Gasteiger charge is -2.02. The lowest BCUT2D eigenvalue weighted by atomic mass is 10.0. The van der Waals surface area contributed by atoms with Gasteiger partial charge < -0.3 is 5.73 Å². The number of primary amides is 1. The highest BCUT2D eigenvalue weighted by Gasteiger charge is 2.14. The molecule has 1 aromatic rings. The highest BCUT2D eigenvalue weighted by Crippen LogP contribution is 2.14. The van der Waals surface area contributed by atoms with Crippen molar-refractivity contribution in [1.82, 2.24) is 0 Å². The van der Waals surface area contributed by atoms with Crippen LogP contribution in [0, 0.1) is 17.1 Å². The molecule has 0 aliphatic rings. The SMILES string of the molecule is N#Cc1cc(F)cc(C(N)=O)c1C=O. The topological polar surface area (TPSA) is 83.9 Å². The van der Waals surface area contributed by atoms with E-state index in [-0.39, 0.29) is 16.7 Å². The first kappa shape index (κ1) is 9.86. The van der Waals surface area contributed by atoms with Gasteiger partial charge in [0.15, 0.2) is 6.29 Å². The minimum atomic E-state index is -0.942. The minimum Gasteiger partial charge on any atom is -0.366 e. The average molecular weight is 192 g/mol. The fourth-order valence-electron chi connectivity index (χ4n) is 1.04. The minimum absolute atomic E-state index is 0.179. The zero-order chi connectivity index (χ0) is 10.7. The van der Waals surface area contributed by atoms with E-state index in [9.17, 15) is 14.0 Å². The Bertz CT molecular complexity index is 449. The second-order valence-corrected chi connectivity index (χ2v) is 2.51. The maximum absolute atomic E-state index is 12.8. The van der Waals surface area contributed by atoms with E-state index in [2.05, 4.69) is 0 Å².